The molecule has 1 aromatic rings. The van der Waals surface area contributed by atoms with E-state index in [2.05, 4.69) is 11.8 Å². The maximum atomic E-state index is 9.03. The summed E-state index contributed by atoms with van der Waals surface area (Å²) in [6.45, 7) is 4.73. The molecule has 0 amide bonds. The van der Waals surface area contributed by atoms with Crippen LogP contribution in [0.5, 0.6) is 0 Å². The number of hydrogen-bond donors (Lipinski definition) is 2. The Morgan fingerprint density at radius 1 is 1.35 bits per heavy atom. The molecular formula is C13H20N2OS. The van der Waals surface area contributed by atoms with Crippen molar-refractivity contribution in [3.63, 3.8) is 0 Å². The first-order valence-electron chi connectivity index (χ1n) is 5.90. The molecule has 0 aromatic heterocycles. The van der Waals surface area contributed by atoms with Crippen LogP contribution in [-0.4, -0.2) is 34.7 Å². The molecule has 0 bridgehead atoms. The standard InChI is InChI=1S/C13H20N2OS/c1-2-7-15(8-9-16)10-11-5-3-4-6-12(11)13(14)17/h3-6,16H,2,7-10H2,1H3,(H2,14,17). The van der Waals surface area contributed by atoms with E-state index < -0.39 is 0 Å². The molecule has 1 rings (SSSR count). The lowest BCUT2D eigenvalue weighted by Gasteiger charge is -2.21. The topological polar surface area (TPSA) is 49.5 Å². The Bertz CT molecular complexity index is 362. The second-order valence-corrected chi connectivity index (χ2v) is 4.46. The predicted molar refractivity (Wildman–Crippen MR) is 75.0 cm³/mol. The molecule has 94 valence electrons. The quantitative estimate of drug-likeness (QED) is 0.723. The molecule has 0 unspecified atom stereocenters. The summed E-state index contributed by atoms with van der Waals surface area (Å²) in [5, 5.41) is 9.03. The van der Waals surface area contributed by atoms with Crippen LogP contribution in [-0.2, 0) is 6.54 Å². The third-order valence-electron chi connectivity index (χ3n) is 2.63. The third kappa shape index (κ3) is 4.42. The first-order valence-corrected chi connectivity index (χ1v) is 6.30. The van der Waals surface area contributed by atoms with Crippen molar-refractivity contribution in [3.8, 4) is 0 Å². The Kier molecular flexibility index (Phi) is 6.11. The van der Waals surface area contributed by atoms with E-state index in [-0.39, 0.29) is 6.61 Å². The highest BCUT2D eigenvalue weighted by atomic mass is 32.1. The number of hydrogen-bond acceptors (Lipinski definition) is 3. The van der Waals surface area contributed by atoms with Crippen molar-refractivity contribution in [2.75, 3.05) is 19.7 Å². The molecule has 3 nitrogen and oxygen atoms in total. The van der Waals surface area contributed by atoms with Crippen LogP contribution in [0.15, 0.2) is 24.3 Å². The summed E-state index contributed by atoms with van der Waals surface area (Å²) in [6.07, 6.45) is 1.06. The van der Waals surface area contributed by atoms with E-state index in [0.717, 1.165) is 30.6 Å². The Hall–Kier alpha value is -0.970. The fraction of sp³-hybridized carbons (Fsp3) is 0.462. The van der Waals surface area contributed by atoms with Crippen molar-refractivity contribution in [1.29, 1.82) is 0 Å². The van der Waals surface area contributed by atoms with Gasteiger partial charge in [0.2, 0.25) is 0 Å². The molecule has 0 aliphatic carbocycles. The van der Waals surface area contributed by atoms with Gasteiger partial charge >= 0.3 is 0 Å². The lowest BCUT2D eigenvalue weighted by atomic mass is 10.1. The SMILES string of the molecule is CCCN(CCO)Cc1ccccc1C(N)=S. The van der Waals surface area contributed by atoms with Gasteiger partial charge in [-0.1, -0.05) is 43.4 Å². The van der Waals surface area contributed by atoms with Crippen LogP contribution >= 0.6 is 12.2 Å². The van der Waals surface area contributed by atoms with E-state index in [9.17, 15) is 0 Å². The van der Waals surface area contributed by atoms with Crippen LogP contribution in [0.2, 0.25) is 0 Å². The monoisotopic (exact) mass is 252 g/mol. The average Bonchev–Trinajstić information content (AvgIpc) is 2.30. The molecule has 0 aliphatic rings. The van der Waals surface area contributed by atoms with E-state index in [1.54, 1.807) is 0 Å². The van der Waals surface area contributed by atoms with Gasteiger partial charge in [-0.2, -0.15) is 0 Å². The van der Waals surface area contributed by atoms with E-state index in [1.807, 2.05) is 24.3 Å². The molecule has 0 spiro atoms. The molecule has 0 atom stereocenters. The molecule has 0 fully saturated rings. The van der Waals surface area contributed by atoms with Gasteiger partial charge in [0.15, 0.2) is 0 Å². The van der Waals surface area contributed by atoms with Crippen molar-refractivity contribution >= 4 is 17.2 Å². The number of benzene rings is 1. The largest absolute Gasteiger partial charge is 0.395 e. The first kappa shape index (κ1) is 14.1. The zero-order valence-corrected chi connectivity index (χ0v) is 11.0. The normalized spacial score (nSPS) is 10.8. The van der Waals surface area contributed by atoms with Gasteiger partial charge in [0.05, 0.1) is 6.61 Å². The Morgan fingerprint density at radius 2 is 2.06 bits per heavy atom. The summed E-state index contributed by atoms with van der Waals surface area (Å²) >= 11 is 5.04. The van der Waals surface area contributed by atoms with Gasteiger partial charge in [-0.3, -0.25) is 4.90 Å². The molecular weight excluding hydrogens is 232 g/mol. The van der Waals surface area contributed by atoms with Gasteiger partial charge in [-0.15, -0.1) is 0 Å². The fourth-order valence-corrected chi connectivity index (χ4v) is 2.07. The Labute approximate surface area is 108 Å². The zero-order chi connectivity index (χ0) is 12.7. The van der Waals surface area contributed by atoms with Crippen molar-refractivity contribution in [2.24, 2.45) is 5.73 Å². The number of nitrogens with zero attached hydrogens (tertiary/aromatic N) is 1. The minimum Gasteiger partial charge on any atom is -0.395 e. The lowest BCUT2D eigenvalue weighted by molar-refractivity contribution is 0.190. The van der Waals surface area contributed by atoms with E-state index >= 15 is 0 Å². The molecule has 0 saturated carbocycles. The second-order valence-electron chi connectivity index (χ2n) is 4.02. The maximum Gasteiger partial charge on any atom is 0.104 e. The molecule has 0 aliphatic heterocycles. The van der Waals surface area contributed by atoms with Crippen molar-refractivity contribution < 1.29 is 5.11 Å². The summed E-state index contributed by atoms with van der Waals surface area (Å²) < 4.78 is 0. The molecule has 0 saturated heterocycles. The summed E-state index contributed by atoms with van der Waals surface area (Å²) in [7, 11) is 0. The molecule has 3 N–H and O–H groups in total. The second kappa shape index (κ2) is 7.37. The first-order chi connectivity index (χ1) is 8.19. The van der Waals surface area contributed by atoms with Gasteiger partial charge in [0.1, 0.15) is 4.99 Å². The minimum atomic E-state index is 0.176. The third-order valence-corrected chi connectivity index (χ3v) is 2.85. The number of aliphatic hydroxyl groups excluding tert-OH is 1. The van der Waals surface area contributed by atoms with Crippen LogP contribution in [0.25, 0.3) is 0 Å². The highest BCUT2D eigenvalue weighted by Crippen LogP contribution is 2.12. The van der Waals surface area contributed by atoms with Gasteiger partial charge in [-0.05, 0) is 18.5 Å². The summed E-state index contributed by atoms with van der Waals surface area (Å²) in [6, 6.07) is 7.91. The highest BCUT2D eigenvalue weighted by molar-refractivity contribution is 7.80. The number of nitrogens with two attached hydrogens (primary N) is 1. The van der Waals surface area contributed by atoms with Crippen LogP contribution in [0.1, 0.15) is 24.5 Å². The van der Waals surface area contributed by atoms with Gasteiger partial charge in [0.25, 0.3) is 0 Å². The molecule has 0 heterocycles. The van der Waals surface area contributed by atoms with Crippen LogP contribution < -0.4 is 5.73 Å². The lowest BCUT2D eigenvalue weighted by Crippen LogP contribution is -2.28. The number of aliphatic hydroxyl groups is 1. The average molecular weight is 252 g/mol. The zero-order valence-electron chi connectivity index (χ0n) is 10.2. The number of thiocarbonyl (C=S) groups is 1. The van der Waals surface area contributed by atoms with Crippen molar-refractivity contribution in [1.82, 2.24) is 4.90 Å². The summed E-state index contributed by atoms with van der Waals surface area (Å²) in [5.74, 6) is 0. The summed E-state index contributed by atoms with van der Waals surface area (Å²) in [5.41, 5.74) is 7.76. The van der Waals surface area contributed by atoms with E-state index in [0.29, 0.717) is 11.5 Å². The van der Waals surface area contributed by atoms with Crippen LogP contribution in [0.4, 0.5) is 0 Å². The number of rotatable bonds is 7. The minimum absolute atomic E-state index is 0.176. The smallest absolute Gasteiger partial charge is 0.104 e. The summed E-state index contributed by atoms with van der Waals surface area (Å²) in [4.78, 5) is 2.64. The molecule has 0 radical (unpaired) electrons. The molecule has 4 heteroatoms. The Morgan fingerprint density at radius 3 is 2.65 bits per heavy atom. The highest BCUT2D eigenvalue weighted by Gasteiger charge is 2.09. The molecule has 17 heavy (non-hydrogen) atoms. The fourth-order valence-electron chi connectivity index (χ4n) is 1.87. The van der Waals surface area contributed by atoms with E-state index in [4.69, 9.17) is 23.1 Å². The predicted octanol–water partition coefficient (Wildman–Crippen LogP) is 1.53. The van der Waals surface area contributed by atoms with Gasteiger partial charge in [0, 0.05) is 18.7 Å². The van der Waals surface area contributed by atoms with E-state index in [1.165, 1.54) is 0 Å². The maximum absolute atomic E-state index is 9.03. The van der Waals surface area contributed by atoms with Crippen molar-refractivity contribution in [2.45, 2.75) is 19.9 Å². The van der Waals surface area contributed by atoms with Gasteiger partial charge < -0.3 is 10.8 Å². The van der Waals surface area contributed by atoms with Crippen LogP contribution in [0, 0.1) is 0 Å². The Balaban J connectivity index is 2.80. The molecule has 1 aromatic carbocycles. The van der Waals surface area contributed by atoms with Crippen molar-refractivity contribution in [3.05, 3.63) is 35.4 Å². The van der Waals surface area contributed by atoms with Crippen LogP contribution in [0.3, 0.4) is 0 Å². The van der Waals surface area contributed by atoms with Gasteiger partial charge in [-0.25, -0.2) is 0 Å².